The van der Waals surface area contributed by atoms with Gasteiger partial charge in [-0.3, -0.25) is 9.59 Å². The van der Waals surface area contributed by atoms with Crippen LogP contribution in [0.1, 0.15) is 55.1 Å². The molecule has 2 heterocycles. The predicted octanol–water partition coefficient (Wildman–Crippen LogP) is 5.98. The molecule has 0 radical (unpaired) electrons. The third-order valence-corrected chi connectivity index (χ3v) is 7.78. The Morgan fingerprint density at radius 3 is 2.56 bits per heavy atom. The van der Waals surface area contributed by atoms with Gasteiger partial charge < -0.3 is 20.5 Å². The molecule has 1 aromatic heterocycles. The summed E-state index contributed by atoms with van der Waals surface area (Å²) in [5, 5.41) is 4.09. The van der Waals surface area contributed by atoms with E-state index < -0.39 is 0 Å². The molecule has 1 saturated heterocycles. The van der Waals surface area contributed by atoms with E-state index in [0.717, 1.165) is 40.4 Å². The fourth-order valence-electron chi connectivity index (χ4n) is 5.60. The summed E-state index contributed by atoms with van der Waals surface area (Å²) >= 11 is 0. The van der Waals surface area contributed by atoms with Gasteiger partial charge in [-0.2, -0.15) is 0 Å². The van der Waals surface area contributed by atoms with Crippen LogP contribution in [-0.2, 0) is 16.0 Å². The number of aromatic nitrogens is 1. The molecule has 7 nitrogen and oxygen atoms in total. The standard InChI is InChI=1S/C34H37N3O4/c1-21(33(39)36-25-15-16-41-34(2,3)20-25)17-24-19-23-18-22(13-14-29(23)37-32(24)35)26-9-5-6-10-27(26)31(38)28-11-7-8-12-30(28)40-4/h5-14,18-19,21,25H,15-17,20H2,1-4H3,(H2,35,37)(H,36,39). The van der Waals surface area contributed by atoms with Crippen molar-refractivity contribution in [3.63, 3.8) is 0 Å². The minimum atomic E-state index is -0.273. The summed E-state index contributed by atoms with van der Waals surface area (Å²) < 4.78 is 11.2. The van der Waals surface area contributed by atoms with Gasteiger partial charge in [-0.1, -0.05) is 49.4 Å². The number of nitrogens with one attached hydrogen (secondary N) is 1. The van der Waals surface area contributed by atoms with Crippen LogP contribution >= 0.6 is 0 Å². The Hall–Kier alpha value is -4.23. The summed E-state index contributed by atoms with van der Waals surface area (Å²) in [6.45, 7) is 6.66. The first-order valence-electron chi connectivity index (χ1n) is 14.1. The maximum Gasteiger partial charge on any atom is 0.223 e. The van der Waals surface area contributed by atoms with Crippen LogP contribution in [0.25, 0.3) is 22.0 Å². The molecule has 1 aliphatic rings. The number of anilines is 1. The second-order valence-electron chi connectivity index (χ2n) is 11.4. The van der Waals surface area contributed by atoms with Gasteiger partial charge in [0.25, 0.3) is 0 Å². The zero-order chi connectivity index (χ0) is 29.1. The van der Waals surface area contributed by atoms with Gasteiger partial charge in [-0.15, -0.1) is 0 Å². The van der Waals surface area contributed by atoms with Crippen LogP contribution in [0, 0.1) is 5.92 Å². The summed E-state index contributed by atoms with van der Waals surface area (Å²) in [5.41, 5.74) is 10.5. The Balaban J connectivity index is 1.40. The number of hydrogen-bond donors (Lipinski definition) is 2. The van der Waals surface area contributed by atoms with E-state index in [-0.39, 0.29) is 29.3 Å². The van der Waals surface area contributed by atoms with Crippen molar-refractivity contribution in [3.8, 4) is 16.9 Å². The Labute approximate surface area is 241 Å². The highest BCUT2D eigenvalue weighted by Crippen LogP contribution is 2.32. The van der Waals surface area contributed by atoms with Crippen LogP contribution in [-0.4, -0.2) is 42.0 Å². The first-order valence-corrected chi connectivity index (χ1v) is 14.1. The summed E-state index contributed by atoms with van der Waals surface area (Å²) in [6.07, 6.45) is 2.07. The number of fused-ring (bicyclic) bond motifs is 1. The second kappa shape index (κ2) is 11.7. The number of amides is 1. The Morgan fingerprint density at radius 2 is 1.80 bits per heavy atom. The lowest BCUT2D eigenvalue weighted by molar-refractivity contribution is -0.127. The van der Waals surface area contributed by atoms with Gasteiger partial charge in [0.2, 0.25) is 5.91 Å². The van der Waals surface area contributed by atoms with Gasteiger partial charge in [-0.05, 0) is 80.1 Å². The summed E-state index contributed by atoms with van der Waals surface area (Å²) in [5.74, 6) is 0.578. The second-order valence-corrected chi connectivity index (χ2v) is 11.4. The number of para-hydroxylation sites is 1. The molecule has 5 rings (SSSR count). The van der Waals surface area contributed by atoms with Crippen LogP contribution in [0.5, 0.6) is 5.75 Å². The molecule has 41 heavy (non-hydrogen) atoms. The van der Waals surface area contributed by atoms with E-state index in [2.05, 4.69) is 24.1 Å². The van der Waals surface area contributed by atoms with Crippen molar-refractivity contribution >= 4 is 28.4 Å². The molecule has 3 N–H and O–H groups in total. The Bertz CT molecular complexity index is 1600. The van der Waals surface area contributed by atoms with Crippen molar-refractivity contribution in [2.45, 2.75) is 51.7 Å². The molecule has 1 amide bonds. The van der Waals surface area contributed by atoms with Crippen molar-refractivity contribution in [1.82, 2.24) is 10.3 Å². The van der Waals surface area contributed by atoms with E-state index in [1.54, 1.807) is 19.2 Å². The number of methoxy groups -OCH3 is 1. The summed E-state index contributed by atoms with van der Waals surface area (Å²) in [7, 11) is 1.56. The minimum absolute atomic E-state index is 0.00438. The molecule has 0 spiro atoms. The molecule has 2 unspecified atom stereocenters. The molecule has 0 aliphatic carbocycles. The lowest BCUT2D eigenvalue weighted by Gasteiger charge is -2.36. The zero-order valence-corrected chi connectivity index (χ0v) is 24.1. The Kier molecular flexibility index (Phi) is 8.08. The maximum atomic E-state index is 13.6. The molecule has 0 saturated carbocycles. The van der Waals surface area contributed by atoms with E-state index in [4.69, 9.17) is 15.2 Å². The first-order chi connectivity index (χ1) is 19.6. The normalized spacial score (nSPS) is 17.1. The monoisotopic (exact) mass is 551 g/mol. The van der Waals surface area contributed by atoms with Gasteiger partial charge in [0.1, 0.15) is 11.6 Å². The van der Waals surface area contributed by atoms with Gasteiger partial charge in [0, 0.05) is 29.5 Å². The largest absolute Gasteiger partial charge is 0.496 e. The number of hydrogen-bond acceptors (Lipinski definition) is 6. The molecule has 7 heteroatoms. The van der Waals surface area contributed by atoms with Crippen LogP contribution < -0.4 is 15.8 Å². The van der Waals surface area contributed by atoms with Crippen LogP contribution in [0.4, 0.5) is 5.82 Å². The average molecular weight is 552 g/mol. The van der Waals surface area contributed by atoms with Crippen molar-refractivity contribution in [1.29, 1.82) is 0 Å². The lowest BCUT2D eigenvalue weighted by atomic mass is 9.92. The van der Waals surface area contributed by atoms with Crippen molar-refractivity contribution in [2.24, 2.45) is 5.92 Å². The van der Waals surface area contributed by atoms with Crippen molar-refractivity contribution in [3.05, 3.63) is 89.5 Å². The smallest absolute Gasteiger partial charge is 0.223 e. The molecular formula is C34H37N3O4. The number of nitrogen functional groups attached to an aromatic ring is 1. The summed E-state index contributed by atoms with van der Waals surface area (Å²) in [6, 6.07) is 22.8. The van der Waals surface area contributed by atoms with Gasteiger partial charge in [0.05, 0.1) is 23.8 Å². The number of nitrogens with zero attached hydrogens (tertiary/aromatic N) is 1. The quantitative estimate of drug-likeness (QED) is 0.261. The minimum Gasteiger partial charge on any atom is -0.496 e. The predicted molar refractivity (Wildman–Crippen MR) is 162 cm³/mol. The number of nitrogens with two attached hydrogens (primary N) is 1. The molecular weight excluding hydrogens is 514 g/mol. The fraction of sp³-hybridized carbons (Fsp3) is 0.324. The number of ether oxygens (including phenoxy) is 2. The zero-order valence-electron chi connectivity index (χ0n) is 24.1. The van der Waals surface area contributed by atoms with E-state index in [1.807, 2.05) is 67.6 Å². The van der Waals surface area contributed by atoms with Gasteiger partial charge in [-0.25, -0.2) is 4.98 Å². The molecule has 1 fully saturated rings. The molecule has 3 aromatic carbocycles. The highest BCUT2D eigenvalue weighted by Gasteiger charge is 2.30. The molecule has 4 aromatic rings. The highest BCUT2D eigenvalue weighted by atomic mass is 16.5. The number of carbonyl (C=O) groups is 2. The maximum absolute atomic E-state index is 13.6. The topological polar surface area (TPSA) is 104 Å². The van der Waals surface area contributed by atoms with E-state index in [1.165, 1.54) is 0 Å². The number of rotatable bonds is 8. The molecule has 2 atom stereocenters. The van der Waals surface area contributed by atoms with E-state index in [0.29, 0.717) is 35.7 Å². The third-order valence-electron chi connectivity index (χ3n) is 7.78. The van der Waals surface area contributed by atoms with Crippen molar-refractivity contribution in [2.75, 3.05) is 19.5 Å². The Morgan fingerprint density at radius 1 is 1.07 bits per heavy atom. The van der Waals surface area contributed by atoms with Gasteiger partial charge >= 0.3 is 0 Å². The van der Waals surface area contributed by atoms with Crippen LogP contribution in [0.15, 0.2) is 72.8 Å². The number of pyridine rings is 1. The molecule has 1 aliphatic heterocycles. The van der Waals surface area contributed by atoms with E-state index in [9.17, 15) is 9.59 Å². The lowest BCUT2D eigenvalue weighted by Crippen LogP contribution is -2.47. The van der Waals surface area contributed by atoms with E-state index >= 15 is 0 Å². The molecule has 0 bridgehead atoms. The fourth-order valence-corrected chi connectivity index (χ4v) is 5.60. The molecule has 212 valence electrons. The average Bonchev–Trinajstić information content (AvgIpc) is 2.96. The highest BCUT2D eigenvalue weighted by molar-refractivity contribution is 6.14. The number of benzene rings is 3. The van der Waals surface area contributed by atoms with Gasteiger partial charge in [0.15, 0.2) is 5.78 Å². The van der Waals surface area contributed by atoms with Crippen molar-refractivity contribution < 1.29 is 19.1 Å². The van der Waals surface area contributed by atoms with Crippen LogP contribution in [0.2, 0.25) is 0 Å². The first kappa shape index (κ1) is 28.3. The number of ketones is 1. The third kappa shape index (κ3) is 6.25. The SMILES string of the molecule is COc1ccccc1C(=O)c1ccccc1-c1ccc2nc(N)c(CC(C)C(=O)NC3CCOC(C)(C)C3)cc2c1. The summed E-state index contributed by atoms with van der Waals surface area (Å²) in [4.78, 5) is 31.3. The number of carbonyl (C=O) groups excluding carboxylic acids is 2. The van der Waals surface area contributed by atoms with Crippen LogP contribution in [0.3, 0.4) is 0 Å².